The fourth-order valence-corrected chi connectivity index (χ4v) is 2.69. The highest BCUT2D eigenvalue weighted by Gasteiger charge is 2.26. The van der Waals surface area contributed by atoms with Gasteiger partial charge >= 0.3 is 5.97 Å². The Hall–Kier alpha value is -1.43. The molecule has 0 saturated heterocycles. The van der Waals surface area contributed by atoms with E-state index in [2.05, 4.69) is 17.2 Å². The normalized spacial score (nSPS) is 23.5. The van der Waals surface area contributed by atoms with Gasteiger partial charge in [-0.05, 0) is 31.6 Å². The van der Waals surface area contributed by atoms with Crippen molar-refractivity contribution in [1.82, 2.24) is 15.0 Å². The molecule has 6 nitrogen and oxygen atoms in total. The smallest absolute Gasteiger partial charge is 0.358 e. The van der Waals surface area contributed by atoms with Crippen molar-refractivity contribution in [3.05, 3.63) is 11.4 Å². The van der Waals surface area contributed by atoms with E-state index in [0.29, 0.717) is 18.7 Å². The van der Waals surface area contributed by atoms with Gasteiger partial charge in [-0.1, -0.05) is 12.1 Å². The minimum atomic E-state index is -1.01. The molecule has 1 fully saturated rings. The van der Waals surface area contributed by atoms with Gasteiger partial charge in [0.1, 0.15) is 0 Å². The highest BCUT2D eigenvalue weighted by molar-refractivity contribution is 5.86. The summed E-state index contributed by atoms with van der Waals surface area (Å²) >= 11 is 0. The Morgan fingerprint density at radius 3 is 2.68 bits per heavy atom. The Labute approximate surface area is 112 Å². The van der Waals surface area contributed by atoms with Crippen LogP contribution in [0.25, 0.3) is 0 Å². The number of rotatable bonds is 5. The Kier molecular flexibility index (Phi) is 4.52. The topological polar surface area (TPSA) is 77.2 Å². The van der Waals surface area contributed by atoms with Crippen molar-refractivity contribution in [3.63, 3.8) is 0 Å². The maximum atomic E-state index is 11.2. The minimum absolute atomic E-state index is 0.0654. The average molecular weight is 267 g/mol. The van der Waals surface area contributed by atoms with Gasteiger partial charge in [-0.3, -0.25) is 0 Å². The van der Waals surface area contributed by atoms with E-state index in [1.165, 1.54) is 0 Å². The molecule has 0 aromatic carbocycles. The van der Waals surface area contributed by atoms with Gasteiger partial charge in [-0.2, -0.15) is 0 Å². The van der Waals surface area contributed by atoms with Crippen LogP contribution in [0.1, 0.15) is 54.8 Å². The van der Waals surface area contributed by atoms with Crippen LogP contribution in [0.3, 0.4) is 0 Å². The molecule has 1 heterocycles. The van der Waals surface area contributed by atoms with Crippen molar-refractivity contribution < 1.29 is 14.6 Å². The van der Waals surface area contributed by atoms with Gasteiger partial charge in [0, 0.05) is 13.5 Å². The van der Waals surface area contributed by atoms with E-state index in [1.54, 1.807) is 7.11 Å². The fraction of sp³-hybridized carbons (Fsp3) is 0.769. The number of methoxy groups -OCH3 is 1. The van der Waals surface area contributed by atoms with Crippen molar-refractivity contribution in [2.75, 3.05) is 13.7 Å². The maximum absolute atomic E-state index is 11.2. The van der Waals surface area contributed by atoms with E-state index in [4.69, 9.17) is 9.84 Å². The second kappa shape index (κ2) is 6.14. The number of carbonyl (C=O) groups is 1. The Bertz CT molecular complexity index is 436. The lowest BCUT2D eigenvalue weighted by molar-refractivity contribution is 0.0688. The molecule has 1 aromatic heterocycles. The summed E-state index contributed by atoms with van der Waals surface area (Å²) in [6.45, 7) is 2.74. The van der Waals surface area contributed by atoms with Crippen LogP contribution in [0, 0.1) is 5.92 Å². The Morgan fingerprint density at radius 2 is 2.11 bits per heavy atom. The van der Waals surface area contributed by atoms with Crippen molar-refractivity contribution >= 4 is 5.97 Å². The van der Waals surface area contributed by atoms with Gasteiger partial charge in [0.25, 0.3) is 0 Å². The van der Waals surface area contributed by atoms with Crippen LogP contribution in [-0.2, 0) is 11.2 Å². The summed E-state index contributed by atoms with van der Waals surface area (Å²) in [4.78, 5) is 11.2. The molecule has 0 unspecified atom stereocenters. The zero-order valence-corrected chi connectivity index (χ0v) is 11.5. The zero-order chi connectivity index (χ0) is 13.8. The summed E-state index contributed by atoms with van der Waals surface area (Å²) in [7, 11) is 1.61. The van der Waals surface area contributed by atoms with Crippen molar-refractivity contribution in [2.24, 2.45) is 5.92 Å². The zero-order valence-electron chi connectivity index (χ0n) is 11.5. The molecule has 0 bridgehead atoms. The van der Waals surface area contributed by atoms with Crippen molar-refractivity contribution in [2.45, 2.75) is 45.1 Å². The summed E-state index contributed by atoms with van der Waals surface area (Å²) in [5.74, 6) is -0.261. The Balaban J connectivity index is 2.21. The molecule has 0 radical (unpaired) electrons. The molecule has 1 aliphatic rings. The van der Waals surface area contributed by atoms with Gasteiger partial charge in [-0.25, -0.2) is 9.48 Å². The lowest BCUT2D eigenvalue weighted by Crippen LogP contribution is -2.21. The summed E-state index contributed by atoms with van der Waals surface area (Å²) in [5, 5.41) is 17.1. The largest absolute Gasteiger partial charge is 0.476 e. The number of nitrogens with zero attached hydrogens (tertiary/aromatic N) is 3. The summed E-state index contributed by atoms with van der Waals surface area (Å²) in [5.41, 5.74) is 0.754. The van der Waals surface area contributed by atoms with E-state index in [0.717, 1.165) is 31.6 Å². The molecule has 0 atom stereocenters. The summed E-state index contributed by atoms with van der Waals surface area (Å²) in [6, 6.07) is 0.281. The first-order valence-electron chi connectivity index (χ1n) is 6.79. The first-order chi connectivity index (χ1) is 9.13. The lowest BCUT2D eigenvalue weighted by atomic mass is 9.87. The third kappa shape index (κ3) is 3.12. The molecule has 6 heteroatoms. The monoisotopic (exact) mass is 267 g/mol. The summed E-state index contributed by atoms with van der Waals surface area (Å²) in [6.07, 6.45) is 4.96. The molecule has 1 aromatic rings. The number of aromatic carboxylic acids is 1. The van der Waals surface area contributed by atoms with Gasteiger partial charge in [-0.15, -0.1) is 5.10 Å². The minimum Gasteiger partial charge on any atom is -0.476 e. The van der Waals surface area contributed by atoms with Crippen LogP contribution in [0.2, 0.25) is 0 Å². The molecule has 0 spiro atoms. The van der Waals surface area contributed by atoms with Gasteiger partial charge in [0.05, 0.1) is 18.3 Å². The molecule has 2 rings (SSSR count). The third-order valence-corrected chi connectivity index (χ3v) is 3.87. The Morgan fingerprint density at radius 1 is 1.42 bits per heavy atom. The molecule has 0 amide bonds. The van der Waals surface area contributed by atoms with Crippen LogP contribution in [0.4, 0.5) is 0 Å². The maximum Gasteiger partial charge on any atom is 0.358 e. The van der Waals surface area contributed by atoms with Gasteiger partial charge in [0.2, 0.25) is 0 Å². The lowest BCUT2D eigenvalue weighted by Gasteiger charge is -2.27. The predicted octanol–water partition coefficient (Wildman–Crippen LogP) is 1.92. The standard InChI is InChI=1S/C13H21N3O3/c1-9-3-5-10(6-4-9)16-11(7-8-19-2)12(13(17)18)14-15-16/h9-10H,3-8H2,1-2H3,(H,17,18). The van der Waals surface area contributed by atoms with Crippen LogP contribution in [0.15, 0.2) is 0 Å². The fourth-order valence-electron chi connectivity index (χ4n) is 2.69. The third-order valence-electron chi connectivity index (χ3n) is 3.87. The van der Waals surface area contributed by atoms with Gasteiger partial charge in [0.15, 0.2) is 5.69 Å². The number of hydrogen-bond donors (Lipinski definition) is 1. The first kappa shape index (κ1) is 14.0. The number of carboxylic acid groups (broad SMARTS) is 1. The summed E-state index contributed by atoms with van der Waals surface area (Å²) < 4.78 is 6.86. The molecule has 19 heavy (non-hydrogen) atoms. The second-order valence-electron chi connectivity index (χ2n) is 5.29. The molecule has 1 saturated carbocycles. The van der Waals surface area contributed by atoms with E-state index < -0.39 is 5.97 Å². The average Bonchev–Trinajstić information content (AvgIpc) is 2.81. The van der Waals surface area contributed by atoms with E-state index >= 15 is 0 Å². The van der Waals surface area contributed by atoms with Gasteiger partial charge < -0.3 is 9.84 Å². The van der Waals surface area contributed by atoms with Crippen LogP contribution < -0.4 is 0 Å². The SMILES string of the molecule is COCCc1c(C(=O)O)nnn1C1CCC(C)CC1. The van der Waals surface area contributed by atoms with Crippen molar-refractivity contribution in [3.8, 4) is 0 Å². The first-order valence-corrected chi connectivity index (χ1v) is 6.79. The molecule has 0 aliphatic heterocycles. The van der Waals surface area contributed by atoms with Crippen molar-refractivity contribution in [1.29, 1.82) is 0 Å². The highest BCUT2D eigenvalue weighted by atomic mass is 16.5. The quantitative estimate of drug-likeness (QED) is 0.881. The molecule has 1 aliphatic carbocycles. The molecular formula is C13H21N3O3. The van der Waals surface area contributed by atoms with Crippen LogP contribution in [-0.4, -0.2) is 39.8 Å². The highest BCUT2D eigenvalue weighted by Crippen LogP contribution is 2.32. The number of ether oxygens (including phenoxy) is 1. The van der Waals surface area contributed by atoms with E-state index in [1.807, 2.05) is 4.68 Å². The molecular weight excluding hydrogens is 246 g/mol. The number of hydrogen-bond acceptors (Lipinski definition) is 4. The predicted molar refractivity (Wildman–Crippen MR) is 69.2 cm³/mol. The molecule has 1 N–H and O–H groups in total. The number of carboxylic acids is 1. The van der Waals surface area contributed by atoms with E-state index in [-0.39, 0.29) is 11.7 Å². The van der Waals surface area contributed by atoms with Crippen LogP contribution >= 0.6 is 0 Å². The molecule has 106 valence electrons. The van der Waals surface area contributed by atoms with Crippen LogP contribution in [0.5, 0.6) is 0 Å². The van der Waals surface area contributed by atoms with E-state index in [9.17, 15) is 4.79 Å². The second-order valence-corrected chi connectivity index (χ2v) is 5.29. The number of aromatic nitrogens is 3.